The largest absolute Gasteiger partial charge is 0.481 e. The van der Waals surface area contributed by atoms with Crippen LogP contribution in [0.3, 0.4) is 0 Å². The summed E-state index contributed by atoms with van der Waals surface area (Å²) in [5, 5.41) is 12.0. The van der Waals surface area contributed by atoms with Crippen molar-refractivity contribution in [1.29, 1.82) is 0 Å². The fraction of sp³-hybridized carbons (Fsp3) is 0.364. The van der Waals surface area contributed by atoms with Gasteiger partial charge in [-0.15, -0.1) is 11.8 Å². The smallest absolute Gasteiger partial charge is 0.307 e. The Morgan fingerprint density at radius 1 is 1.56 bits per heavy atom. The number of thioether (sulfide) groups is 1. The van der Waals surface area contributed by atoms with Gasteiger partial charge in [-0.25, -0.2) is 4.39 Å². The standard InChI is InChI=1S/C11H12FNO2S/c12-8-2-1-3-9(5-8)16-10-4-7(6-13-10)11(14)15/h1-3,5,7,10,13H,4,6H2,(H,14,15). The van der Waals surface area contributed by atoms with Gasteiger partial charge in [-0.1, -0.05) is 6.07 Å². The molecule has 0 aliphatic carbocycles. The first-order chi connectivity index (χ1) is 7.65. The Morgan fingerprint density at radius 3 is 3.00 bits per heavy atom. The van der Waals surface area contributed by atoms with Gasteiger partial charge in [-0.3, -0.25) is 4.79 Å². The lowest BCUT2D eigenvalue weighted by Crippen LogP contribution is -2.18. The molecule has 2 atom stereocenters. The van der Waals surface area contributed by atoms with E-state index in [9.17, 15) is 9.18 Å². The second-order valence-corrected chi connectivity index (χ2v) is 5.02. The summed E-state index contributed by atoms with van der Waals surface area (Å²) in [6.45, 7) is 0.488. The molecular formula is C11H12FNO2S. The van der Waals surface area contributed by atoms with Crippen LogP contribution < -0.4 is 5.32 Å². The molecule has 2 N–H and O–H groups in total. The molecule has 0 amide bonds. The number of halogens is 1. The first-order valence-electron chi connectivity index (χ1n) is 5.03. The predicted molar refractivity (Wildman–Crippen MR) is 59.8 cm³/mol. The summed E-state index contributed by atoms with van der Waals surface area (Å²) in [4.78, 5) is 11.6. The number of hydrogen-bond donors (Lipinski definition) is 2. The molecule has 1 aromatic rings. The van der Waals surface area contributed by atoms with Gasteiger partial charge in [0.15, 0.2) is 0 Å². The highest BCUT2D eigenvalue weighted by Gasteiger charge is 2.29. The van der Waals surface area contributed by atoms with Crippen LogP contribution in [-0.2, 0) is 4.79 Å². The Labute approximate surface area is 97.0 Å². The SMILES string of the molecule is O=C(O)C1CNC(Sc2cccc(F)c2)C1. The van der Waals surface area contributed by atoms with Crippen molar-refractivity contribution in [2.75, 3.05) is 6.54 Å². The maximum Gasteiger partial charge on any atom is 0.307 e. The zero-order valence-corrected chi connectivity index (χ0v) is 9.34. The number of hydrogen-bond acceptors (Lipinski definition) is 3. The summed E-state index contributed by atoms with van der Waals surface area (Å²) >= 11 is 1.47. The molecule has 1 aliphatic heterocycles. The Hall–Kier alpha value is -1.07. The Morgan fingerprint density at radius 2 is 2.38 bits per heavy atom. The van der Waals surface area contributed by atoms with Crippen LogP contribution in [0.25, 0.3) is 0 Å². The van der Waals surface area contributed by atoms with E-state index in [0.717, 1.165) is 4.90 Å². The van der Waals surface area contributed by atoms with Crippen LogP contribution >= 0.6 is 11.8 Å². The highest BCUT2D eigenvalue weighted by Crippen LogP contribution is 2.29. The highest BCUT2D eigenvalue weighted by atomic mass is 32.2. The van der Waals surface area contributed by atoms with E-state index in [1.165, 1.54) is 23.9 Å². The Balaban J connectivity index is 1.94. The van der Waals surface area contributed by atoms with Crippen molar-refractivity contribution in [3.63, 3.8) is 0 Å². The molecule has 3 nitrogen and oxygen atoms in total. The summed E-state index contributed by atoms with van der Waals surface area (Å²) in [5.41, 5.74) is 0. The number of rotatable bonds is 3. The molecule has 0 bridgehead atoms. The lowest BCUT2D eigenvalue weighted by Gasteiger charge is -2.09. The summed E-state index contributed by atoms with van der Waals surface area (Å²) in [6, 6.07) is 6.33. The van der Waals surface area contributed by atoms with E-state index in [1.807, 2.05) is 6.07 Å². The third-order valence-corrected chi connectivity index (χ3v) is 3.68. The molecule has 0 saturated carbocycles. The number of carbonyl (C=O) groups is 1. The third kappa shape index (κ3) is 2.74. The van der Waals surface area contributed by atoms with Crippen LogP contribution in [0.1, 0.15) is 6.42 Å². The van der Waals surface area contributed by atoms with E-state index in [-0.39, 0.29) is 17.1 Å². The first kappa shape index (κ1) is 11.4. The van der Waals surface area contributed by atoms with Gasteiger partial charge < -0.3 is 10.4 Å². The zero-order chi connectivity index (χ0) is 11.5. The fourth-order valence-electron chi connectivity index (χ4n) is 1.68. The molecular weight excluding hydrogens is 229 g/mol. The monoisotopic (exact) mass is 241 g/mol. The van der Waals surface area contributed by atoms with Crippen LogP contribution in [0.4, 0.5) is 4.39 Å². The minimum absolute atomic E-state index is 0.0582. The molecule has 16 heavy (non-hydrogen) atoms. The van der Waals surface area contributed by atoms with Gasteiger partial charge in [0.2, 0.25) is 0 Å². The molecule has 2 rings (SSSR count). The van der Waals surface area contributed by atoms with Crippen molar-refractivity contribution in [2.45, 2.75) is 16.7 Å². The molecule has 1 aromatic carbocycles. The number of aliphatic carboxylic acids is 1. The minimum atomic E-state index is -0.769. The number of carboxylic acids is 1. The molecule has 0 spiro atoms. The maximum absolute atomic E-state index is 12.9. The molecule has 5 heteroatoms. The highest BCUT2D eigenvalue weighted by molar-refractivity contribution is 7.99. The van der Waals surface area contributed by atoms with E-state index >= 15 is 0 Å². The van der Waals surface area contributed by atoms with Gasteiger partial charge in [-0.2, -0.15) is 0 Å². The Kier molecular flexibility index (Phi) is 3.46. The predicted octanol–water partition coefficient (Wildman–Crippen LogP) is 1.94. The van der Waals surface area contributed by atoms with Crippen molar-refractivity contribution in [2.24, 2.45) is 5.92 Å². The van der Waals surface area contributed by atoms with Gasteiger partial charge in [-0.05, 0) is 24.6 Å². The molecule has 1 heterocycles. The summed E-state index contributed by atoms with van der Waals surface area (Å²) in [5.74, 6) is -1.36. The second kappa shape index (κ2) is 4.84. The fourth-order valence-corrected chi connectivity index (χ4v) is 2.86. The van der Waals surface area contributed by atoms with Gasteiger partial charge in [0.05, 0.1) is 11.3 Å². The van der Waals surface area contributed by atoms with E-state index < -0.39 is 5.97 Å². The summed E-state index contributed by atoms with van der Waals surface area (Å²) in [6.07, 6.45) is 0.580. The maximum atomic E-state index is 12.9. The van der Waals surface area contributed by atoms with Crippen molar-refractivity contribution >= 4 is 17.7 Å². The van der Waals surface area contributed by atoms with Crippen LogP contribution in [0, 0.1) is 11.7 Å². The van der Waals surface area contributed by atoms with Crippen LogP contribution in [-0.4, -0.2) is 23.0 Å². The molecule has 1 fully saturated rings. The number of carboxylic acid groups (broad SMARTS) is 1. The molecule has 86 valence electrons. The second-order valence-electron chi connectivity index (χ2n) is 3.74. The normalized spacial score (nSPS) is 24.6. The van der Waals surface area contributed by atoms with E-state index in [0.29, 0.717) is 13.0 Å². The molecule has 0 aromatic heterocycles. The van der Waals surface area contributed by atoms with E-state index in [4.69, 9.17) is 5.11 Å². The average molecular weight is 241 g/mol. The summed E-state index contributed by atoms with van der Waals surface area (Å²) in [7, 11) is 0. The van der Waals surface area contributed by atoms with Gasteiger partial charge in [0, 0.05) is 11.4 Å². The van der Waals surface area contributed by atoms with Crippen LogP contribution in [0.15, 0.2) is 29.2 Å². The third-order valence-electron chi connectivity index (χ3n) is 2.51. The molecule has 1 aliphatic rings. The number of nitrogens with one attached hydrogen (secondary N) is 1. The van der Waals surface area contributed by atoms with Crippen molar-refractivity contribution in [3.05, 3.63) is 30.1 Å². The van der Waals surface area contributed by atoms with Gasteiger partial charge >= 0.3 is 5.97 Å². The van der Waals surface area contributed by atoms with Crippen molar-refractivity contribution in [3.8, 4) is 0 Å². The topological polar surface area (TPSA) is 49.3 Å². The van der Waals surface area contributed by atoms with Crippen molar-refractivity contribution in [1.82, 2.24) is 5.32 Å². The quantitative estimate of drug-likeness (QED) is 0.849. The van der Waals surface area contributed by atoms with E-state index in [1.54, 1.807) is 6.07 Å². The van der Waals surface area contributed by atoms with Gasteiger partial charge in [0.1, 0.15) is 5.82 Å². The van der Waals surface area contributed by atoms with Crippen molar-refractivity contribution < 1.29 is 14.3 Å². The van der Waals surface area contributed by atoms with Crippen LogP contribution in [0.5, 0.6) is 0 Å². The number of benzene rings is 1. The average Bonchev–Trinajstić information content (AvgIpc) is 2.66. The molecule has 2 unspecified atom stereocenters. The Bertz CT molecular complexity index is 399. The van der Waals surface area contributed by atoms with E-state index in [2.05, 4.69) is 5.32 Å². The molecule has 1 saturated heterocycles. The molecule has 0 radical (unpaired) electrons. The summed E-state index contributed by atoms with van der Waals surface area (Å²) < 4.78 is 12.9. The van der Waals surface area contributed by atoms with Crippen LogP contribution in [0.2, 0.25) is 0 Å². The minimum Gasteiger partial charge on any atom is -0.481 e. The van der Waals surface area contributed by atoms with Gasteiger partial charge in [0.25, 0.3) is 0 Å². The lowest BCUT2D eigenvalue weighted by atomic mass is 10.1. The first-order valence-corrected chi connectivity index (χ1v) is 5.91. The zero-order valence-electron chi connectivity index (χ0n) is 8.52. The lowest BCUT2D eigenvalue weighted by molar-refractivity contribution is -0.141.